The summed E-state index contributed by atoms with van der Waals surface area (Å²) < 4.78 is 0. The molecule has 0 saturated carbocycles. The molecule has 0 aliphatic carbocycles. The van der Waals surface area contributed by atoms with E-state index in [2.05, 4.69) is 12.1 Å². The Morgan fingerprint density at radius 2 is 2.00 bits per heavy atom. The minimum atomic E-state index is -0.326. The van der Waals surface area contributed by atoms with Gasteiger partial charge >= 0.3 is 0 Å². The summed E-state index contributed by atoms with van der Waals surface area (Å²) in [6, 6.07) is 9.26. The smallest absolute Gasteiger partial charge is 0.125 e. The number of aryl methyl sites for hydroxylation is 1. The van der Waals surface area contributed by atoms with E-state index in [-0.39, 0.29) is 44.2 Å². The molecule has 3 nitrogen and oxygen atoms in total. The summed E-state index contributed by atoms with van der Waals surface area (Å²) in [5.74, 6) is 0. The number of aliphatic hydroxyl groups excluding tert-OH is 1. The molecule has 0 spiro atoms. The predicted octanol–water partition coefficient (Wildman–Crippen LogP) is 1.89. The van der Waals surface area contributed by atoms with Gasteiger partial charge in [0.2, 0.25) is 0 Å². The molecule has 1 rings (SSSR count). The molecule has 1 unspecified atom stereocenters. The second kappa shape index (κ2) is 10.7. The van der Waals surface area contributed by atoms with Gasteiger partial charge in [0.15, 0.2) is 0 Å². The van der Waals surface area contributed by atoms with Crippen LogP contribution in [0.15, 0.2) is 18.2 Å². The van der Waals surface area contributed by atoms with Crippen molar-refractivity contribution in [2.75, 3.05) is 7.11 Å². The van der Waals surface area contributed by atoms with E-state index in [1.165, 1.54) is 5.56 Å². The number of hydrogen-bond acceptors (Lipinski definition) is 3. The monoisotopic (exact) mass is 339 g/mol. The summed E-state index contributed by atoms with van der Waals surface area (Å²) in [6.07, 6.45) is 2.49. The minimum absolute atomic E-state index is 0. The van der Waals surface area contributed by atoms with E-state index in [0.717, 1.165) is 25.4 Å². The van der Waals surface area contributed by atoms with E-state index in [0.29, 0.717) is 6.42 Å². The summed E-state index contributed by atoms with van der Waals surface area (Å²) in [5, 5.41) is 7.00. The Balaban J connectivity index is 0. The fourth-order valence-electron chi connectivity index (χ4n) is 1.76. The van der Waals surface area contributed by atoms with Gasteiger partial charge in [-0.3, -0.25) is 0 Å². The third-order valence-electron chi connectivity index (χ3n) is 2.64. The average molecular weight is 339 g/mol. The van der Waals surface area contributed by atoms with Gasteiger partial charge in [-0.15, -0.1) is 0 Å². The predicted molar refractivity (Wildman–Crippen MR) is 74.3 cm³/mol. The van der Waals surface area contributed by atoms with Crippen LogP contribution in [0.4, 0.5) is 0 Å². The molecule has 0 aliphatic rings. The Morgan fingerprint density at radius 1 is 1.42 bits per heavy atom. The van der Waals surface area contributed by atoms with Gasteiger partial charge in [-0.25, -0.2) is 0 Å². The van der Waals surface area contributed by atoms with Gasteiger partial charge in [0.1, 0.15) is 6.29 Å². The van der Waals surface area contributed by atoms with E-state index in [1.54, 1.807) is 0 Å². The zero-order valence-electron chi connectivity index (χ0n) is 12.3. The molecule has 0 fully saturated rings. The van der Waals surface area contributed by atoms with Crippen molar-refractivity contribution >= 4 is 6.29 Å². The Kier molecular flexibility index (Phi) is 11.9. The quantitative estimate of drug-likeness (QED) is 0.636. The first-order chi connectivity index (χ1) is 8.43. The molecule has 0 aliphatic heterocycles. The number of aldehydes is 1. The molecule has 0 heterocycles. The van der Waals surface area contributed by atoms with Gasteiger partial charge in [-0.2, -0.15) is 35.4 Å². The summed E-state index contributed by atoms with van der Waals surface area (Å²) in [6.45, 7) is 5.85. The first-order valence-corrected chi connectivity index (χ1v) is 6.07. The molecular formula is C15H24NO2Y-. The third kappa shape index (κ3) is 9.45. The van der Waals surface area contributed by atoms with Crippen LogP contribution in [0.5, 0.6) is 0 Å². The van der Waals surface area contributed by atoms with Gasteiger partial charge in [-0.1, -0.05) is 27.2 Å². The third-order valence-corrected chi connectivity index (χ3v) is 2.64. The Bertz CT molecular complexity index is 350. The number of carbonyl (C=O) groups is 1. The van der Waals surface area contributed by atoms with E-state index >= 15 is 0 Å². The molecule has 19 heavy (non-hydrogen) atoms. The number of hydrogen-bond donors (Lipinski definition) is 2. The maximum absolute atomic E-state index is 10.8. The standard InChI is InChI=1S/C14H20NO.CH4O.Y/c1-11-4-6-12(7-5-11)8-13(15)9-14(2,3)10-16;1-2;/h4,6-7,10,13H,8-9,15H2,1-3H3;2H,1H3;/q-1;;. The van der Waals surface area contributed by atoms with Crippen molar-refractivity contribution < 1.29 is 42.6 Å². The molecule has 1 radical (unpaired) electrons. The van der Waals surface area contributed by atoms with Crippen LogP contribution in [-0.2, 0) is 43.9 Å². The van der Waals surface area contributed by atoms with Gasteiger partial charge < -0.3 is 15.6 Å². The summed E-state index contributed by atoms with van der Waals surface area (Å²) in [5.41, 5.74) is 8.02. The normalized spacial score (nSPS) is 11.7. The molecule has 105 valence electrons. The Morgan fingerprint density at radius 3 is 2.42 bits per heavy atom. The maximum atomic E-state index is 10.8. The second-order valence-electron chi connectivity index (χ2n) is 5.15. The van der Waals surface area contributed by atoms with Crippen LogP contribution < -0.4 is 5.73 Å². The van der Waals surface area contributed by atoms with E-state index in [1.807, 2.05) is 32.9 Å². The molecule has 1 atom stereocenters. The summed E-state index contributed by atoms with van der Waals surface area (Å²) >= 11 is 0. The summed E-state index contributed by atoms with van der Waals surface area (Å²) in [7, 11) is 1.00. The fourth-order valence-corrected chi connectivity index (χ4v) is 1.76. The van der Waals surface area contributed by atoms with Crippen LogP contribution in [0.25, 0.3) is 0 Å². The van der Waals surface area contributed by atoms with Crippen molar-refractivity contribution in [2.24, 2.45) is 11.1 Å². The average Bonchev–Trinajstić information content (AvgIpc) is 2.34. The first-order valence-electron chi connectivity index (χ1n) is 6.07. The number of benzene rings is 1. The SMILES string of the molecule is CO.Cc1[c-]cc(CC(N)CC(C)(C)C=O)cc1.[Y]. The zero-order chi connectivity index (χ0) is 14.2. The van der Waals surface area contributed by atoms with E-state index in [9.17, 15) is 4.79 Å². The number of rotatable bonds is 5. The van der Waals surface area contributed by atoms with Gasteiger partial charge in [0.05, 0.1) is 0 Å². The molecular weight excluding hydrogens is 315 g/mol. The number of carbonyl (C=O) groups excluding carboxylic acids is 1. The van der Waals surface area contributed by atoms with E-state index < -0.39 is 0 Å². The largest absolute Gasteiger partial charge is 0.400 e. The van der Waals surface area contributed by atoms with Crippen LogP contribution in [0.2, 0.25) is 0 Å². The van der Waals surface area contributed by atoms with Crippen LogP contribution >= 0.6 is 0 Å². The molecule has 0 aromatic heterocycles. The first kappa shape index (κ1) is 21.2. The minimum Gasteiger partial charge on any atom is -0.400 e. The zero-order valence-corrected chi connectivity index (χ0v) is 15.1. The van der Waals surface area contributed by atoms with Crippen molar-refractivity contribution in [1.29, 1.82) is 0 Å². The van der Waals surface area contributed by atoms with Crippen LogP contribution in [0.1, 0.15) is 31.4 Å². The van der Waals surface area contributed by atoms with Crippen LogP contribution in [0, 0.1) is 18.4 Å². The molecule has 4 heteroatoms. The topological polar surface area (TPSA) is 63.3 Å². The van der Waals surface area contributed by atoms with Crippen LogP contribution in [-0.4, -0.2) is 24.5 Å². The van der Waals surface area contributed by atoms with Gasteiger partial charge in [0.25, 0.3) is 0 Å². The molecule has 0 saturated heterocycles. The van der Waals surface area contributed by atoms with Crippen molar-refractivity contribution in [3.8, 4) is 0 Å². The molecule has 1 aromatic carbocycles. The fraction of sp³-hybridized carbons (Fsp3) is 0.533. The van der Waals surface area contributed by atoms with Crippen LogP contribution in [0.3, 0.4) is 0 Å². The molecule has 3 N–H and O–H groups in total. The van der Waals surface area contributed by atoms with E-state index in [4.69, 9.17) is 10.8 Å². The van der Waals surface area contributed by atoms with Crippen molar-refractivity contribution in [1.82, 2.24) is 0 Å². The Hall–Kier alpha value is -0.0861. The second-order valence-corrected chi connectivity index (χ2v) is 5.15. The Labute approximate surface area is 141 Å². The molecule has 0 bridgehead atoms. The van der Waals surface area contributed by atoms with Crippen molar-refractivity contribution in [3.63, 3.8) is 0 Å². The number of nitrogens with two attached hydrogens (primary N) is 1. The van der Waals surface area contributed by atoms with Gasteiger partial charge in [0, 0.05) is 45.2 Å². The maximum Gasteiger partial charge on any atom is 0.125 e. The van der Waals surface area contributed by atoms with Crippen molar-refractivity contribution in [3.05, 3.63) is 35.4 Å². The molecule has 1 aromatic rings. The summed E-state index contributed by atoms with van der Waals surface area (Å²) in [4.78, 5) is 10.8. The molecule has 0 amide bonds. The van der Waals surface area contributed by atoms with Gasteiger partial charge in [-0.05, 0) is 12.5 Å². The van der Waals surface area contributed by atoms with Crippen molar-refractivity contribution in [2.45, 2.75) is 39.7 Å². The number of aliphatic hydroxyl groups is 1.